The van der Waals surface area contributed by atoms with Crippen molar-refractivity contribution in [1.82, 2.24) is 5.32 Å². The Balaban J connectivity index is 2.04. The van der Waals surface area contributed by atoms with Gasteiger partial charge in [0.05, 0.1) is 6.04 Å². The number of benzene rings is 1. The first-order valence-electron chi connectivity index (χ1n) is 6.59. The quantitative estimate of drug-likeness (QED) is 0.634. The van der Waals surface area contributed by atoms with E-state index in [1.165, 1.54) is 29.1 Å². The van der Waals surface area contributed by atoms with Crippen LogP contribution in [-0.2, 0) is 0 Å². The molecule has 18 heavy (non-hydrogen) atoms. The van der Waals surface area contributed by atoms with Gasteiger partial charge in [0.1, 0.15) is 0 Å². The van der Waals surface area contributed by atoms with Gasteiger partial charge in [-0.3, -0.25) is 0 Å². The van der Waals surface area contributed by atoms with Crippen molar-refractivity contribution in [3.8, 4) is 0 Å². The molecule has 0 spiro atoms. The summed E-state index contributed by atoms with van der Waals surface area (Å²) < 4.78 is 0. The van der Waals surface area contributed by atoms with Crippen LogP contribution in [0.15, 0.2) is 34.2 Å². The van der Waals surface area contributed by atoms with E-state index in [-0.39, 0.29) is 6.04 Å². The molecule has 0 aromatic heterocycles. The number of guanidine groups is 1. The highest BCUT2D eigenvalue weighted by atomic mass is 32.2. The summed E-state index contributed by atoms with van der Waals surface area (Å²) in [5.41, 5.74) is 7.01. The summed E-state index contributed by atoms with van der Waals surface area (Å²) in [5.74, 6) is 1.76. The normalized spacial score (nSPS) is 19.2. The maximum Gasteiger partial charge on any atom is 0.189 e. The standard InChI is InChI=1S/C14H21N3S/c1-2-3-9-18-12-6-4-5-11(10-12)13-7-8-16-14(15)17-13/h4-6,10,13H,2-3,7-9H2,1H3,(H3,15,16,17). The van der Waals surface area contributed by atoms with Crippen LogP contribution in [0.4, 0.5) is 0 Å². The van der Waals surface area contributed by atoms with Crippen LogP contribution in [0.5, 0.6) is 0 Å². The molecule has 0 amide bonds. The molecule has 0 saturated heterocycles. The third kappa shape index (κ3) is 3.67. The number of rotatable bonds is 5. The molecule has 4 heteroatoms. The highest BCUT2D eigenvalue weighted by Gasteiger charge is 2.15. The molecule has 1 aromatic rings. The number of hydrogen-bond acceptors (Lipinski definition) is 4. The number of nitrogens with one attached hydrogen (secondary N) is 1. The zero-order chi connectivity index (χ0) is 12.8. The van der Waals surface area contributed by atoms with E-state index in [0.717, 1.165) is 13.0 Å². The Bertz CT molecular complexity index is 417. The second-order valence-corrected chi connectivity index (χ2v) is 5.69. The van der Waals surface area contributed by atoms with Crippen LogP contribution < -0.4 is 11.1 Å². The van der Waals surface area contributed by atoms with Gasteiger partial charge in [0.25, 0.3) is 0 Å². The molecule has 3 nitrogen and oxygen atoms in total. The van der Waals surface area contributed by atoms with Crippen molar-refractivity contribution < 1.29 is 0 Å². The lowest BCUT2D eigenvalue weighted by Crippen LogP contribution is -2.36. The lowest BCUT2D eigenvalue weighted by molar-refractivity contribution is 0.600. The monoisotopic (exact) mass is 263 g/mol. The van der Waals surface area contributed by atoms with Gasteiger partial charge in [0, 0.05) is 11.4 Å². The second kappa shape index (κ2) is 6.69. The van der Waals surface area contributed by atoms with E-state index in [2.05, 4.69) is 41.5 Å². The Labute approximate surface area is 113 Å². The summed E-state index contributed by atoms with van der Waals surface area (Å²) in [5, 5.41) is 3.06. The molecule has 0 aliphatic carbocycles. The minimum absolute atomic E-state index is 0.220. The Morgan fingerprint density at radius 2 is 2.39 bits per heavy atom. The van der Waals surface area contributed by atoms with E-state index in [4.69, 9.17) is 5.73 Å². The van der Waals surface area contributed by atoms with Gasteiger partial charge in [-0.05, 0) is 36.3 Å². The average molecular weight is 263 g/mol. The van der Waals surface area contributed by atoms with Crippen LogP contribution >= 0.6 is 11.8 Å². The smallest absolute Gasteiger partial charge is 0.189 e. The summed E-state index contributed by atoms with van der Waals surface area (Å²) in [6, 6.07) is 8.93. The molecule has 2 rings (SSSR count). The zero-order valence-corrected chi connectivity index (χ0v) is 11.7. The maximum atomic E-state index is 5.73. The van der Waals surface area contributed by atoms with Crippen molar-refractivity contribution in [2.45, 2.75) is 37.1 Å². The Morgan fingerprint density at radius 1 is 1.50 bits per heavy atom. The van der Waals surface area contributed by atoms with Crippen molar-refractivity contribution in [3.63, 3.8) is 0 Å². The van der Waals surface area contributed by atoms with Crippen LogP contribution in [-0.4, -0.2) is 18.3 Å². The predicted molar refractivity (Wildman–Crippen MR) is 79.1 cm³/mol. The molecule has 1 heterocycles. The van der Waals surface area contributed by atoms with Gasteiger partial charge >= 0.3 is 0 Å². The fraction of sp³-hybridized carbons (Fsp3) is 0.500. The molecule has 1 aliphatic heterocycles. The van der Waals surface area contributed by atoms with Crippen LogP contribution in [0, 0.1) is 0 Å². The van der Waals surface area contributed by atoms with Crippen molar-refractivity contribution in [1.29, 1.82) is 0 Å². The first-order valence-corrected chi connectivity index (χ1v) is 7.58. The van der Waals surface area contributed by atoms with E-state index in [1.54, 1.807) is 0 Å². The first-order chi connectivity index (χ1) is 8.79. The van der Waals surface area contributed by atoms with E-state index >= 15 is 0 Å². The minimum atomic E-state index is 0.220. The first kappa shape index (κ1) is 13.3. The summed E-state index contributed by atoms with van der Waals surface area (Å²) in [7, 11) is 0. The highest BCUT2D eigenvalue weighted by Crippen LogP contribution is 2.27. The largest absolute Gasteiger partial charge is 0.370 e. The Hall–Kier alpha value is -1.16. The van der Waals surface area contributed by atoms with Gasteiger partial charge < -0.3 is 11.1 Å². The summed E-state index contributed by atoms with van der Waals surface area (Å²) in [4.78, 5) is 5.81. The number of nitrogens with two attached hydrogens (primary N) is 1. The topological polar surface area (TPSA) is 50.4 Å². The molecule has 1 aromatic carbocycles. The van der Waals surface area contributed by atoms with Gasteiger partial charge in [-0.25, -0.2) is 4.99 Å². The molecule has 1 unspecified atom stereocenters. The third-order valence-corrected chi connectivity index (χ3v) is 4.11. The number of unbranched alkanes of at least 4 members (excludes halogenated alkanes) is 1. The van der Waals surface area contributed by atoms with E-state index < -0.39 is 0 Å². The number of thioether (sulfide) groups is 1. The molecule has 98 valence electrons. The SMILES string of the molecule is CCCCSc1cccc(C2CCNC(N)=N2)c1. The molecule has 3 N–H and O–H groups in total. The van der Waals surface area contributed by atoms with Crippen LogP contribution in [0.2, 0.25) is 0 Å². The summed E-state index contributed by atoms with van der Waals surface area (Å²) in [6.45, 7) is 3.14. The van der Waals surface area contributed by atoms with Crippen molar-refractivity contribution >= 4 is 17.7 Å². The van der Waals surface area contributed by atoms with Crippen molar-refractivity contribution in [3.05, 3.63) is 29.8 Å². The molecule has 0 radical (unpaired) electrons. The molecule has 1 aliphatic rings. The fourth-order valence-corrected chi connectivity index (χ4v) is 3.07. The molecule has 0 saturated carbocycles. The number of nitrogens with zero attached hydrogens (tertiary/aromatic N) is 1. The van der Waals surface area contributed by atoms with Crippen molar-refractivity contribution in [2.24, 2.45) is 10.7 Å². The van der Waals surface area contributed by atoms with Crippen LogP contribution in [0.25, 0.3) is 0 Å². The average Bonchev–Trinajstić information content (AvgIpc) is 2.39. The van der Waals surface area contributed by atoms with Gasteiger partial charge in [-0.2, -0.15) is 0 Å². The van der Waals surface area contributed by atoms with Crippen LogP contribution in [0.3, 0.4) is 0 Å². The van der Waals surface area contributed by atoms with Gasteiger partial charge in [-0.15, -0.1) is 11.8 Å². The molecular formula is C14H21N3S. The third-order valence-electron chi connectivity index (χ3n) is 3.03. The summed E-state index contributed by atoms with van der Waals surface area (Å²) >= 11 is 1.93. The Morgan fingerprint density at radius 3 is 3.17 bits per heavy atom. The van der Waals surface area contributed by atoms with E-state index in [9.17, 15) is 0 Å². The van der Waals surface area contributed by atoms with Crippen LogP contribution in [0.1, 0.15) is 37.8 Å². The van der Waals surface area contributed by atoms with Gasteiger partial charge in [0.15, 0.2) is 5.96 Å². The van der Waals surface area contributed by atoms with E-state index in [1.807, 2.05) is 11.8 Å². The molecule has 0 fully saturated rings. The van der Waals surface area contributed by atoms with E-state index in [0.29, 0.717) is 5.96 Å². The maximum absolute atomic E-state index is 5.73. The number of hydrogen-bond donors (Lipinski definition) is 2. The molecule has 1 atom stereocenters. The summed E-state index contributed by atoms with van der Waals surface area (Å²) in [6.07, 6.45) is 3.54. The number of aliphatic imine (C=N–C) groups is 1. The lowest BCUT2D eigenvalue weighted by Gasteiger charge is -2.20. The minimum Gasteiger partial charge on any atom is -0.370 e. The van der Waals surface area contributed by atoms with Crippen molar-refractivity contribution in [2.75, 3.05) is 12.3 Å². The van der Waals surface area contributed by atoms with Gasteiger partial charge in [0.2, 0.25) is 0 Å². The molecular weight excluding hydrogens is 242 g/mol. The predicted octanol–water partition coefficient (Wildman–Crippen LogP) is 2.93. The Kier molecular flexibility index (Phi) is 4.93. The van der Waals surface area contributed by atoms with Gasteiger partial charge in [-0.1, -0.05) is 25.5 Å². The fourth-order valence-electron chi connectivity index (χ4n) is 2.00. The zero-order valence-electron chi connectivity index (χ0n) is 10.9. The highest BCUT2D eigenvalue weighted by molar-refractivity contribution is 7.99. The lowest BCUT2D eigenvalue weighted by atomic mass is 10.0. The second-order valence-electron chi connectivity index (χ2n) is 4.52. The molecule has 0 bridgehead atoms.